The summed E-state index contributed by atoms with van der Waals surface area (Å²) in [4.78, 5) is 12.3. The molecular weight excluding hydrogens is 363 g/mol. The van der Waals surface area contributed by atoms with Gasteiger partial charge in [0.25, 0.3) is 0 Å². The minimum atomic E-state index is -0.616. The Morgan fingerprint density at radius 3 is 2.46 bits per heavy atom. The lowest BCUT2D eigenvalue weighted by Gasteiger charge is -2.28. The number of benzene rings is 1. The van der Waals surface area contributed by atoms with Crippen LogP contribution >= 0.6 is 0 Å². The summed E-state index contributed by atoms with van der Waals surface area (Å²) in [6.07, 6.45) is 8.22. The van der Waals surface area contributed by atoms with Gasteiger partial charge in [0.1, 0.15) is 11.7 Å². The van der Waals surface area contributed by atoms with Gasteiger partial charge in [-0.15, -0.1) is 0 Å². The fourth-order valence-corrected chi connectivity index (χ4v) is 2.97. The highest BCUT2D eigenvalue weighted by Gasteiger charge is 2.29. The molecule has 1 fully saturated rings. The van der Waals surface area contributed by atoms with Crippen molar-refractivity contribution >= 4 is 5.97 Å². The molecular formula is C22H33FO5. The number of carbonyl (C=O) groups excluding carboxylic acids is 1. The second-order valence-corrected chi connectivity index (χ2v) is 7.21. The quantitative estimate of drug-likeness (QED) is 0.274. The summed E-state index contributed by atoms with van der Waals surface area (Å²) in [6, 6.07) is 4.29. The van der Waals surface area contributed by atoms with Crippen LogP contribution in [0.15, 0.2) is 18.2 Å². The van der Waals surface area contributed by atoms with E-state index in [9.17, 15) is 9.18 Å². The van der Waals surface area contributed by atoms with Crippen molar-refractivity contribution in [3.8, 4) is 11.5 Å². The molecule has 0 N–H and O–H groups in total. The average molecular weight is 396 g/mol. The minimum Gasteiger partial charge on any atom is -0.493 e. The van der Waals surface area contributed by atoms with E-state index in [-0.39, 0.29) is 25.3 Å². The van der Waals surface area contributed by atoms with Gasteiger partial charge in [-0.3, -0.25) is 4.79 Å². The molecule has 0 spiro atoms. The van der Waals surface area contributed by atoms with E-state index in [4.69, 9.17) is 18.9 Å². The van der Waals surface area contributed by atoms with Crippen LogP contribution in [0.5, 0.6) is 11.5 Å². The zero-order valence-corrected chi connectivity index (χ0v) is 17.1. The number of rotatable bonds is 12. The molecule has 0 unspecified atom stereocenters. The van der Waals surface area contributed by atoms with Crippen LogP contribution in [0.3, 0.4) is 0 Å². The molecule has 6 heteroatoms. The lowest BCUT2D eigenvalue weighted by atomic mass is 10.1. The number of carbonyl (C=O) groups is 1. The first-order valence-corrected chi connectivity index (χ1v) is 10.5. The van der Waals surface area contributed by atoms with Crippen LogP contribution in [0.2, 0.25) is 0 Å². The molecule has 1 saturated heterocycles. The summed E-state index contributed by atoms with van der Waals surface area (Å²) in [5, 5.41) is 0. The van der Waals surface area contributed by atoms with Crippen LogP contribution in [0.25, 0.3) is 0 Å². The van der Waals surface area contributed by atoms with Gasteiger partial charge in [-0.1, -0.05) is 46.0 Å². The smallest absolute Gasteiger partial charge is 0.319 e. The maximum Gasteiger partial charge on any atom is 0.319 e. The molecule has 0 aliphatic carbocycles. The highest BCUT2D eigenvalue weighted by atomic mass is 19.1. The van der Waals surface area contributed by atoms with Gasteiger partial charge >= 0.3 is 5.97 Å². The summed E-state index contributed by atoms with van der Waals surface area (Å²) in [7, 11) is 0. The number of ether oxygens (including phenoxy) is 4. The van der Waals surface area contributed by atoms with E-state index in [0.29, 0.717) is 12.4 Å². The van der Waals surface area contributed by atoms with Gasteiger partial charge < -0.3 is 18.9 Å². The average Bonchev–Trinajstić information content (AvgIpc) is 2.70. The van der Waals surface area contributed by atoms with E-state index < -0.39 is 17.7 Å². The topological polar surface area (TPSA) is 54.0 Å². The van der Waals surface area contributed by atoms with Crippen LogP contribution in [0.1, 0.15) is 65.2 Å². The summed E-state index contributed by atoms with van der Waals surface area (Å²) < 4.78 is 36.1. The molecule has 0 amide bonds. The Morgan fingerprint density at radius 1 is 1.07 bits per heavy atom. The molecule has 0 saturated carbocycles. The summed E-state index contributed by atoms with van der Waals surface area (Å²) >= 11 is 0. The fourth-order valence-electron chi connectivity index (χ4n) is 2.97. The largest absolute Gasteiger partial charge is 0.493 e. The predicted octanol–water partition coefficient (Wildman–Crippen LogP) is 5.26. The SMILES string of the molecule is CCCCCCOc1ccc(OC(=O)C2COC(CCCCC)OC2)c(F)c1. The number of halogens is 1. The lowest BCUT2D eigenvalue weighted by molar-refractivity contribution is -0.208. The summed E-state index contributed by atoms with van der Waals surface area (Å²) in [5.74, 6) is -1.37. The Labute approximate surface area is 167 Å². The van der Waals surface area contributed by atoms with Crippen molar-refractivity contribution in [2.75, 3.05) is 19.8 Å². The van der Waals surface area contributed by atoms with Gasteiger partial charge in [0.15, 0.2) is 17.9 Å². The van der Waals surface area contributed by atoms with Crippen LogP contribution in [0, 0.1) is 11.7 Å². The van der Waals surface area contributed by atoms with Gasteiger partial charge in [-0.25, -0.2) is 4.39 Å². The molecule has 1 aromatic rings. The van der Waals surface area contributed by atoms with Crippen LogP contribution in [0.4, 0.5) is 4.39 Å². The maximum atomic E-state index is 14.2. The molecule has 2 rings (SSSR count). The fraction of sp³-hybridized carbons (Fsp3) is 0.682. The predicted molar refractivity (Wildman–Crippen MR) is 105 cm³/mol. The monoisotopic (exact) mass is 396 g/mol. The molecule has 1 aliphatic rings. The molecule has 0 atom stereocenters. The standard InChI is InChI=1S/C22H33FO5/c1-3-5-7-9-13-25-18-11-12-20(19(23)14-18)28-22(24)17-15-26-21(27-16-17)10-8-6-4-2/h11-12,14,17,21H,3-10,13,15-16H2,1-2H3. The first kappa shape index (κ1) is 22.6. The van der Waals surface area contributed by atoms with Gasteiger partial charge in [0.05, 0.1) is 19.8 Å². The first-order chi connectivity index (χ1) is 13.6. The minimum absolute atomic E-state index is 0.103. The van der Waals surface area contributed by atoms with Crippen molar-refractivity contribution in [1.82, 2.24) is 0 Å². The molecule has 0 aromatic heterocycles. The summed E-state index contributed by atoms with van der Waals surface area (Å²) in [6.45, 7) is 5.30. The van der Waals surface area contributed by atoms with Crippen molar-refractivity contribution in [2.24, 2.45) is 5.92 Å². The highest BCUT2D eigenvalue weighted by Crippen LogP contribution is 2.25. The number of hydrogen-bond acceptors (Lipinski definition) is 5. The van der Waals surface area contributed by atoms with Crippen molar-refractivity contribution in [3.63, 3.8) is 0 Å². The Kier molecular flexibility index (Phi) is 10.3. The number of unbranched alkanes of at least 4 members (excludes halogenated alkanes) is 5. The van der Waals surface area contributed by atoms with Gasteiger partial charge in [0.2, 0.25) is 0 Å². The molecule has 0 radical (unpaired) electrons. The number of hydrogen-bond donors (Lipinski definition) is 0. The molecule has 158 valence electrons. The van der Waals surface area contributed by atoms with E-state index in [2.05, 4.69) is 13.8 Å². The van der Waals surface area contributed by atoms with E-state index in [1.807, 2.05) is 0 Å². The Bertz CT molecular complexity index is 584. The number of esters is 1. The van der Waals surface area contributed by atoms with Gasteiger partial charge in [-0.2, -0.15) is 0 Å². The summed E-state index contributed by atoms with van der Waals surface area (Å²) in [5.41, 5.74) is 0. The maximum absolute atomic E-state index is 14.2. The highest BCUT2D eigenvalue weighted by molar-refractivity contribution is 5.75. The molecule has 28 heavy (non-hydrogen) atoms. The molecule has 5 nitrogen and oxygen atoms in total. The Hall–Kier alpha value is -1.66. The third-order valence-corrected chi connectivity index (χ3v) is 4.72. The Morgan fingerprint density at radius 2 is 1.79 bits per heavy atom. The molecule has 1 aliphatic heterocycles. The van der Waals surface area contributed by atoms with Crippen LogP contribution in [-0.2, 0) is 14.3 Å². The van der Waals surface area contributed by atoms with E-state index in [1.165, 1.54) is 18.6 Å². The third-order valence-electron chi connectivity index (χ3n) is 4.72. The molecule has 1 aromatic carbocycles. The van der Waals surface area contributed by atoms with Crippen molar-refractivity contribution in [1.29, 1.82) is 0 Å². The molecule has 0 bridgehead atoms. The van der Waals surface area contributed by atoms with Crippen LogP contribution in [-0.4, -0.2) is 32.1 Å². The van der Waals surface area contributed by atoms with Crippen LogP contribution < -0.4 is 9.47 Å². The van der Waals surface area contributed by atoms with E-state index in [0.717, 1.165) is 44.9 Å². The second kappa shape index (κ2) is 12.7. The van der Waals surface area contributed by atoms with Crippen molar-refractivity contribution in [2.45, 2.75) is 71.5 Å². The third kappa shape index (κ3) is 7.76. The normalized spacial score (nSPS) is 19.4. The zero-order valence-electron chi connectivity index (χ0n) is 17.1. The first-order valence-electron chi connectivity index (χ1n) is 10.5. The molecule has 1 heterocycles. The van der Waals surface area contributed by atoms with Gasteiger partial charge in [-0.05, 0) is 31.4 Å². The van der Waals surface area contributed by atoms with Crippen molar-refractivity contribution < 1.29 is 28.1 Å². The van der Waals surface area contributed by atoms with E-state index >= 15 is 0 Å². The van der Waals surface area contributed by atoms with E-state index in [1.54, 1.807) is 6.07 Å². The van der Waals surface area contributed by atoms with Crippen molar-refractivity contribution in [3.05, 3.63) is 24.0 Å². The lowest BCUT2D eigenvalue weighted by Crippen LogP contribution is -2.38. The second-order valence-electron chi connectivity index (χ2n) is 7.21. The van der Waals surface area contributed by atoms with Gasteiger partial charge in [0, 0.05) is 6.07 Å². The Balaban J connectivity index is 1.74. The zero-order chi connectivity index (χ0) is 20.2.